The van der Waals surface area contributed by atoms with Gasteiger partial charge in [-0.05, 0) is 31.4 Å². The van der Waals surface area contributed by atoms with E-state index in [1.54, 1.807) is 4.57 Å². The topological polar surface area (TPSA) is 53.2 Å². The molecule has 3 rings (SSSR count). The van der Waals surface area contributed by atoms with E-state index < -0.39 is 0 Å². The fraction of sp³-hybridized carbons (Fsp3) is 0.467. The molecule has 1 atom stereocenters. The number of ether oxygens (including phenoxy) is 1. The normalized spacial score (nSPS) is 18.8. The lowest BCUT2D eigenvalue weighted by Crippen LogP contribution is -2.40. The fourth-order valence-electron chi connectivity index (χ4n) is 2.86. The van der Waals surface area contributed by atoms with Gasteiger partial charge in [0.05, 0.1) is 23.6 Å². The van der Waals surface area contributed by atoms with Crippen molar-refractivity contribution in [2.75, 3.05) is 6.61 Å². The van der Waals surface area contributed by atoms with Gasteiger partial charge in [-0.25, -0.2) is 4.79 Å². The van der Waals surface area contributed by atoms with Gasteiger partial charge in [0.1, 0.15) is 0 Å². The molecule has 1 fully saturated rings. The van der Waals surface area contributed by atoms with Crippen molar-refractivity contribution in [1.82, 2.24) is 9.13 Å². The molecule has 106 valence electrons. The highest BCUT2D eigenvalue weighted by atomic mass is 16.5. The van der Waals surface area contributed by atoms with Crippen molar-refractivity contribution in [2.24, 2.45) is 7.05 Å². The van der Waals surface area contributed by atoms with Crippen LogP contribution in [0.1, 0.15) is 18.4 Å². The maximum absolute atomic E-state index is 12.4. The van der Waals surface area contributed by atoms with Crippen LogP contribution in [0.3, 0.4) is 0 Å². The summed E-state index contributed by atoms with van der Waals surface area (Å²) in [7, 11) is 1.53. The molecule has 0 aliphatic carbocycles. The molecule has 1 aromatic heterocycles. The van der Waals surface area contributed by atoms with Crippen LogP contribution in [0.4, 0.5) is 0 Å². The Balaban J connectivity index is 2.27. The summed E-state index contributed by atoms with van der Waals surface area (Å²) in [5.41, 5.74) is 1.09. The number of fused-ring (bicyclic) bond motifs is 1. The monoisotopic (exact) mass is 274 g/mol. The van der Waals surface area contributed by atoms with Gasteiger partial charge in [0.25, 0.3) is 5.56 Å². The smallest absolute Gasteiger partial charge is 0.331 e. The van der Waals surface area contributed by atoms with Gasteiger partial charge in [-0.1, -0.05) is 12.1 Å². The summed E-state index contributed by atoms with van der Waals surface area (Å²) in [6.45, 7) is 3.15. The van der Waals surface area contributed by atoms with Crippen LogP contribution in [0.25, 0.3) is 10.9 Å². The summed E-state index contributed by atoms with van der Waals surface area (Å²) in [6, 6.07) is 5.60. The Kier molecular flexibility index (Phi) is 3.22. The molecule has 2 heterocycles. The van der Waals surface area contributed by atoms with E-state index in [9.17, 15) is 9.59 Å². The second-order valence-corrected chi connectivity index (χ2v) is 5.36. The summed E-state index contributed by atoms with van der Waals surface area (Å²) >= 11 is 0. The van der Waals surface area contributed by atoms with Crippen LogP contribution < -0.4 is 11.2 Å². The van der Waals surface area contributed by atoms with E-state index in [-0.39, 0.29) is 17.4 Å². The number of aryl methyl sites for hydroxylation is 1. The lowest BCUT2D eigenvalue weighted by Gasteiger charge is -2.16. The Bertz CT molecular complexity index is 767. The van der Waals surface area contributed by atoms with Crippen molar-refractivity contribution in [3.8, 4) is 0 Å². The summed E-state index contributed by atoms with van der Waals surface area (Å²) in [4.78, 5) is 24.7. The molecular formula is C15H18N2O3. The Morgan fingerprint density at radius 3 is 2.85 bits per heavy atom. The van der Waals surface area contributed by atoms with Gasteiger partial charge in [-0.2, -0.15) is 0 Å². The molecule has 1 unspecified atom stereocenters. The van der Waals surface area contributed by atoms with Gasteiger partial charge in [0.15, 0.2) is 0 Å². The molecule has 0 amide bonds. The lowest BCUT2D eigenvalue weighted by atomic mass is 10.1. The first-order valence-corrected chi connectivity index (χ1v) is 6.90. The molecule has 1 aromatic carbocycles. The molecule has 0 saturated carbocycles. The molecule has 20 heavy (non-hydrogen) atoms. The lowest BCUT2D eigenvalue weighted by molar-refractivity contribution is 0.0966. The SMILES string of the molecule is Cc1cccc2c1c(=O)n(C)c(=O)n2CC1CCCO1. The Labute approximate surface area is 116 Å². The molecule has 1 saturated heterocycles. The van der Waals surface area contributed by atoms with E-state index in [0.717, 1.165) is 25.0 Å². The molecule has 1 aliphatic heterocycles. The van der Waals surface area contributed by atoms with E-state index >= 15 is 0 Å². The number of rotatable bonds is 2. The second-order valence-electron chi connectivity index (χ2n) is 5.36. The van der Waals surface area contributed by atoms with Crippen LogP contribution in [-0.2, 0) is 18.3 Å². The molecule has 5 nitrogen and oxygen atoms in total. The molecule has 0 bridgehead atoms. The average Bonchev–Trinajstić information content (AvgIpc) is 2.94. The van der Waals surface area contributed by atoms with Crippen LogP contribution in [0.15, 0.2) is 27.8 Å². The van der Waals surface area contributed by atoms with Crippen molar-refractivity contribution < 1.29 is 4.74 Å². The van der Waals surface area contributed by atoms with E-state index in [1.807, 2.05) is 25.1 Å². The first-order valence-electron chi connectivity index (χ1n) is 6.90. The first kappa shape index (κ1) is 13.1. The molecule has 1 aliphatic rings. The van der Waals surface area contributed by atoms with Gasteiger partial charge < -0.3 is 4.74 Å². The highest BCUT2D eigenvalue weighted by molar-refractivity contribution is 5.81. The van der Waals surface area contributed by atoms with Crippen molar-refractivity contribution in [3.05, 3.63) is 44.6 Å². The van der Waals surface area contributed by atoms with Gasteiger partial charge in [0.2, 0.25) is 0 Å². The van der Waals surface area contributed by atoms with Crippen LogP contribution >= 0.6 is 0 Å². The summed E-state index contributed by atoms with van der Waals surface area (Å²) in [5, 5.41) is 0.618. The average molecular weight is 274 g/mol. The van der Waals surface area contributed by atoms with E-state index in [2.05, 4.69) is 0 Å². The van der Waals surface area contributed by atoms with Gasteiger partial charge in [0, 0.05) is 13.7 Å². The Morgan fingerprint density at radius 2 is 2.15 bits per heavy atom. The summed E-state index contributed by atoms with van der Waals surface area (Å²) < 4.78 is 8.47. The van der Waals surface area contributed by atoms with Crippen molar-refractivity contribution in [3.63, 3.8) is 0 Å². The molecule has 5 heteroatoms. The van der Waals surface area contributed by atoms with Crippen molar-refractivity contribution in [1.29, 1.82) is 0 Å². The largest absolute Gasteiger partial charge is 0.376 e. The van der Waals surface area contributed by atoms with E-state index in [4.69, 9.17) is 4.74 Å². The van der Waals surface area contributed by atoms with Crippen LogP contribution in [0.5, 0.6) is 0 Å². The third-order valence-corrected chi connectivity index (χ3v) is 3.99. The zero-order chi connectivity index (χ0) is 14.3. The zero-order valence-electron chi connectivity index (χ0n) is 11.8. The van der Waals surface area contributed by atoms with Crippen molar-refractivity contribution in [2.45, 2.75) is 32.4 Å². The number of aromatic nitrogens is 2. The first-order chi connectivity index (χ1) is 9.59. The van der Waals surface area contributed by atoms with E-state index in [1.165, 1.54) is 11.6 Å². The summed E-state index contributed by atoms with van der Waals surface area (Å²) in [6.07, 6.45) is 2.05. The maximum atomic E-state index is 12.4. The third kappa shape index (κ3) is 1.98. The number of benzene rings is 1. The predicted molar refractivity (Wildman–Crippen MR) is 77.2 cm³/mol. The molecule has 2 aromatic rings. The molecule has 0 N–H and O–H groups in total. The number of hydrogen-bond donors (Lipinski definition) is 0. The number of nitrogens with zero attached hydrogens (tertiary/aromatic N) is 2. The highest BCUT2D eigenvalue weighted by Crippen LogP contribution is 2.17. The van der Waals surface area contributed by atoms with Gasteiger partial charge >= 0.3 is 5.69 Å². The molecule has 0 spiro atoms. The fourth-order valence-corrected chi connectivity index (χ4v) is 2.86. The van der Waals surface area contributed by atoms with Crippen LogP contribution in [0.2, 0.25) is 0 Å². The van der Waals surface area contributed by atoms with Gasteiger partial charge in [-0.3, -0.25) is 13.9 Å². The van der Waals surface area contributed by atoms with E-state index in [0.29, 0.717) is 17.4 Å². The van der Waals surface area contributed by atoms with Gasteiger partial charge in [-0.15, -0.1) is 0 Å². The quantitative estimate of drug-likeness (QED) is 0.826. The highest BCUT2D eigenvalue weighted by Gasteiger charge is 2.19. The summed E-state index contributed by atoms with van der Waals surface area (Å²) in [5.74, 6) is 0. The second kappa shape index (κ2) is 4.90. The number of hydrogen-bond acceptors (Lipinski definition) is 3. The Morgan fingerprint density at radius 1 is 1.35 bits per heavy atom. The standard InChI is InChI=1S/C15H18N2O3/c1-10-5-3-7-12-13(10)14(18)16(2)15(19)17(12)9-11-6-4-8-20-11/h3,5,7,11H,4,6,8-9H2,1-2H3. The minimum atomic E-state index is -0.274. The molecular weight excluding hydrogens is 256 g/mol. The minimum absolute atomic E-state index is 0.0638. The Hall–Kier alpha value is -1.88. The van der Waals surface area contributed by atoms with Crippen LogP contribution in [0, 0.1) is 6.92 Å². The van der Waals surface area contributed by atoms with Crippen molar-refractivity contribution >= 4 is 10.9 Å². The minimum Gasteiger partial charge on any atom is -0.376 e. The maximum Gasteiger partial charge on any atom is 0.331 e. The molecule has 0 radical (unpaired) electrons. The predicted octanol–water partition coefficient (Wildman–Crippen LogP) is 1.19. The zero-order valence-corrected chi connectivity index (χ0v) is 11.8. The third-order valence-electron chi connectivity index (χ3n) is 3.99. The van der Waals surface area contributed by atoms with Crippen LogP contribution in [-0.4, -0.2) is 21.8 Å².